The van der Waals surface area contributed by atoms with E-state index in [-0.39, 0.29) is 0 Å². The smallest absolute Gasteiger partial charge is 0.146 e. The number of hydrogen-bond donors (Lipinski definition) is 0. The first kappa shape index (κ1) is 20.3. The van der Waals surface area contributed by atoms with Gasteiger partial charge in [-0.1, -0.05) is 78.9 Å². The number of pyridine rings is 1. The van der Waals surface area contributed by atoms with Crippen LogP contribution < -0.4 is 4.74 Å². The number of methoxy groups -OCH3 is 1. The Morgan fingerprint density at radius 1 is 0.541 bits per heavy atom. The van der Waals surface area contributed by atoms with Crippen molar-refractivity contribution in [2.75, 3.05) is 7.11 Å². The van der Waals surface area contributed by atoms with Gasteiger partial charge in [0.1, 0.15) is 11.6 Å². The minimum absolute atomic E-state index is 0.832. The van der Waals surface area contributed by atoms with E-state index in [0.29, 0.717) is 0 Å². The summed E-state index contributed by atoms with van der Waals surface area (Å²) in [5.74, 6) is 1.76. The van der Waals surface area contributed by atoms with Gasteiger partial charge < -0.3 is 4.74 Å². The monoisotopic (exact) mass is 474 g/mol. The molecule has 0 radical (unpaired) electrons. The van der Waals surface area contributed by atoms with Crippen molar-refractivity contribution in [1.82, 2.24) is 9.55 Å². The standard InChI is InChI=1S/C34H22N2O/c1-37-23-16-18-27-26-12-6-7-13-30(26)36(31(27)20-23)34-28-17-14-21-8-2-4-10-24(21)32(28)33-25-11-5-3-9-22(25)15-19-29(33)35-34/h2-20H,1H3. The average molecular weight is 475 g/mol. The third-order valence-electron chi connectivity index (χ3n) is 7.65. The van der Waals surface area contributed by atoms with Crippen molar-refractivity contribution in [3.63, 3.8) is 0 Å². The largest absolute Gasteiger partial charge is 0.497 e. The molecular formula is C34H22N2O. The van der Waals surface area contributed by atoms with Crippen LogP contribution in [0.2, 0.25) is 0 Å². The zero-order valence-corrected chi connectivity index (χ0v) is 20.3. The van der Waals surface area contributed by atoms with Crippen LogP contribution in [0.15, 0.2) is 115 Å². The Kier molecular flexibility index (Phi) is 4.15. The second-order valence-corrected chi connectivity index (χ2v) is 9.56. The van der Waals surface area contributed by atoms with Crippen LogP contribution in [0, 0.1) is 0 Å². The fraction of sp³-hybridized carbons (Fsp3) is 0.0294. The summed E-state index contributed by atoms with van der Waals surface area (Å²) in [4.78, 5) is 5.38. The van der Waals surface area contributed by atoms with Crippen LogP contribution in [-0.2, 0) is 0 Å². The number of hydrogen-bond acceptors (Lipinski definition) is 2. The second-order valence-electron chi connectivity index (χ2n) is 9.56. The quantitative estimate of drug-likeness (QED) is 0.234. The van der Waals surface area contributed by atoms with Crippen molar-refractivity contribution in [2.24, 2.45) is 0 Å². The van der Waals surface area contributed by atoms with Gasteiger partial charge in [0.25, 0.3) is 0 Å². The topological polar surface area (TPSA) is 27.1 Å². The van der Waals surface area contributed by atoms with Crippen LogP contribution in [0.1, 0.15) is 0 Å². The van der Waals surface area contributed by atoms with Crippen molar-refractivity contribution in [3.8, 4) is 11.6 Å². The van der Waals surface area contributed by atoms with Crippen molar-refractivity contribution in [3.05, 3.63) is 115 Å². The van der Waals surface area contributed by atoms with Crippen LogP contribution in [0.4, 0.5) is 0 Å². The molecule has 0 unspecified atom stereocenters. The Morgan fingerprint density at radius 3 is 1.95 bits per heavy atom. The molecule has 37 heavy (non-hydrogen) atoms. The van der Waals surface area contributed by atoms with Gasteiger partial charge in [0.2, 0.25) is 0 Å². The molecule has 3 heteroatoms. The minimum Gasteiger partial charge on any atom is -0.497 e. The second kappa shape index (κ2) is 7.55. The predicted molar refractivity (Wildman–Crippen MR) is 155 cm³/mol. The van der Waals surface area contributed by atoms with Gasteiger partial charge in [-0.15, -0.1) is 0 Å². The molecule has 0 atom stereocenters. The molecule has 8 rings (SSSR count). The Balaban J connectivity index is 1.65. The fourth-order valence-corrected chi connectivity index (χ4v) is 5.99. The lowest BCUT2D eigenvalue weighted by Crippen LogP contribution is -2.00. The van der Waals surface area contributed by atoms with Crippen molar-refractivity contribution in [2.45, 2.75) is 0 Å². The van der Waals surface area contributed by atoms with Crippen LogP contribution in [0.25, 0.3) is 70.8 Å². The van der Waals surface area contributed by atoms with Crippen molar-refractivity contribution < 1.29 is 4.74 Å². The third kappa shape index (κ3) is 2.80. The summed E-state index contributed by atoms with van der Waals surface area (Å²) in [7, 11) is 1.72. The molecule has 0 bridgehead atoms. The van der Waals surface area contributed by atoms with E-state index in [2.05, 4.69) is 114 Å². The van der Waals surface area contributed by atoms with Gasteiger partial charge in [-0.3, -0.25) is 4.57 Å². The summed E-state index contributed by atoms with van der Waals surface area (Å²) < 4.78 is 7.94. The summed E-state index contributed by atoms with van der Waals surface area (Å²) in [6.07, 6.45) is 0. The third-order valence-corrected chi connectivity index (χ3v) is 7.65. The first-order chi connectivity index (χ1) is 18.3. The number of ether oxygens (including phenoxy) is 1. The summed E-state index contributed by atoms with van der Waals surface area (Å²) >= 11 is 0. The van der Waals surface area contributed by atoms with Gasteiger partial charge in [-0.25, -0.2) is 4.98 Å². The predicted octanol–water partition coefficient (Wildman–Crippen LogP) is 8.80. The van der Waals surface area contributed by atoms with E-state index in [0.717, 1.165) is 33.5 Å². The molecule has 3 nitrogen and oxygen atoms in total. The first-order valence-electron chi connectivity index (χ1n) is 12.5. The number of rotatable bonds is 2. The summed E-state index contributed by atoms with van der Waals surface area (Å²) in [6, 6.07) is 40.9. The molecule has 0 aliphatic rings. The Labute approximate surface area is 213 Å². The van der Waals surface area contributed by atoms with Crippen LogP contribution in [0.5, 0.6) is 5.75 Å². The molecule has 0 saturated carbocycles. The summed E-state index contributed by atoms with van der Waals surface area (Å²) in [5.41, 5.74) is 3.21. The molecule has 8 aromatic rings. The van der Waals surface area contributed by atoms with E-state index >= 15 is 0 Å². The molecule has 0 fully saturated rings. The van der Waals surface area contributed by atoms with Crippen LogP contribution in [-0.4, -0.2) is 16.7 Å². The number of fused-ring (bicyclic) bond motifs is 10. The maximum absolute atomic E-state index is 5.64. The number of benzene rings is 6. The fourth-order valence-electron chi connectivity index (χ4n) is 5.99. The van der Waals surface area contributed by atoms with Crippen LogP contribution >= 0.6 is 0 Å². The van der Waals surface area contributed by atoms with E-state index in [1.807, 2.05) is 6.07 Å². The molecule has 2 aromatic heterocycles. The number of aromatic nitrogens is 2. The normalized spacial score (nSPS) is 11.9. The zero-order valence-electron chi connectivity index (χ0n) is 20.3. The van der Waals surface area contributed by atoms with Gasteiger partial charge in [-0.2, -0.15) is 0 Å². The molecule has 0 aliphatic carbocycles. The summed E-state index contributed by atoms with van der Waals surface area (Å²) in [6.45, 7) is 0. The Morgan fingerprint density at radius 2 is 1.16 bits per heavy atom. The summed E-state index contributed by atoms with van der Waals surface area (Å²) in [5, 5.41) is 10.9. The van der Waals surface area contributed by atoms with Crippen molar-refractivity contribution in [1.29, 1.82) is 0 Å². The highest BCUT2D eigenvalue weighted by atomic mass is 16.5. The molecule has 0 N–H and O–H groups in total. The van der Waals surface area contributed by atoms with Gasteiger partial charge in [0.15, 0.2) is 0 Å². The van der Waals surface area contributed by atoms with E-state index < -0.39 is 0 Å². The molecule has 0 amide bonds. The lowest BCUT2D eigenvalue weighted by atomic mass is 9.95. The molecule has 0 aliphatic heterocycles. The highest BCUT2D eigenvalue weighted by Crippen LogP contribution is 2.41. The molecule has 0 spiro atoms. The molecule has 174 valence electrons. The minimum atomic E-state index is 0.832. The number of nitrogens with zero attached hydrogens (tertiary/aromatic N) is 2. The Hall–Kier alpha value is -4.89. The molecule has 6 aromatic carbocycles. The first-order valence-corrected chi connectivity index (χ1v) is 12.5. The lowest BCUT2D eigenvalue weighted by Gasteiger charge is -2.16. The van der Waals surface area contributed by atoms with E-state index in [4.69, 9.17) is 9.72 Å². The highest BCUT2D eigenvalue weighted by Gasteiger charge is 2.19. The highest BCUT2D eigenvalue weighted by molar-refractivity contribution is 6.28. The molecule has 0 saturated heterocycles. The SMILES string of the molecule is COc1ccc2c3ccccc3n(-c3nc4ccc5ccccc5c4c4c3ccc3ccccc34)c2c1. The maximum Gasteiger partial charge on any atom is 0.146 e. The molecular weight excluding hydrogens is 452 g/mol. The van der Waals surface area contributed by atoms with Crippen LogP contribution in [0.3, 0.4) is 0 Å². The van der Waals surface area contributed by atoms with Gasteiger partial charge >= 0.3 is 0 Å². The van der Waals surface area contributed by atoms with E-state index in [1.165, 1.54) is 43.1 Å². The molecule has 2 heterocycles. The van der Waals surface area contributed by atoms with Gasteiger partial charge in [0.05, 0.1) is 23.7 Å². The van der Waals surface area contributed by atoms with E-state index in [1.54, 1.807) is 7.11 Å². The van der Waals surface area contributed by atoms with Gasteiger partial charge in [-0.05, 0) is 51.9 Å². The zero-order chi connectivity index (χ0) is 24.5. The average Bonchev–Trinajstić information content (AvgIpc) is 3.29. The Bertz CT molecular complexity index is 2190. The van der Waals surface area contributed by atoms with Crippen molar-refractivity contribution >= 4 is 65.0 Å². The lowest BCUT2D eigenvalue weighted by molar-refractivity contribution is 0.415. The van der Waals surface area contributed by atoms with E-state index in [9.17, 15) is 0 Å². The maximum atomic E-state index is 5.64. The van der Waals surface area contributed by atoms with Gasteiger partial charge in [0, 0.05) is 33.0 Å². The number of para-hydroxylation sites is 1.